The third-order valence-corrected chi connectivity index (χ3v) is 6.39. The molecule has 1 aromatic rings. The molecule has 0 saturated carbocycles. The van der Waals surface area contributed by atoms with Crippen LogP contribution < -0.4 is 30.9 Å². The number of carbonyl (C=O) groups excluding carboxylic acids is 3. The average Bonchev–Trinajstić information content (AvgIpc) is 2.82. The van der Waals surface area contributed by atoms with Crippen molar-refractivity contribution in [2.24, 2.45) is 0 Å². The van der Waals surface area contributed by atoms with Crippen LogP contribution in [0.2, 0.25) is 0 Å². The predicted octanol–water partition coefficient (Wildman–Crippen LogP) is -5.52. The fourth-order valence-corrected chi connectivity index (χ4v) is 4.40. The minimum Gasteiger partial charge on any atom is -0.549 e. The first kappa shape index (κ1) is 34.4. The summed E-state index contributed by atoms with van der Waals surface area (Å²) in [7, 11) is 0. The van der Waals surface area contributed by atoms with E-state index >= 15 is 0 Å². The van der Waals surface area contributed by atoms with Crippen molar-refractivity contribution in [3.05, 3.63) is 26.0 Å². The van der Waals surface area contributed by atoms with Gasteiger partial charge in [-0.05, 0) is 32.7 Å². The van der Waals surface area contributed by atoms with Crippen LogP contribution in [0, 0.1) is 36.9 Å². The van der Waals surface area contributed by atoms with Crippen molar-refractivity contribution in [1.29, 1.82) is 0 Å². The smallest absolute Gasteiger partial charge is 0.549 e. The monoisotopic (exact) mass is 692 g/mol. The minimum absolute atomic E-state index is 0. The molecule has 14 heteroatoms. The van der Waals surface area contributed by atoms with E-state index in [1.54, 1.807) is 21.6 Å². The molecule has 0 aromatic heterocycles. The van der Waals surface area contributed by atoms with Crippen molar-refractivity contribution < 1.29 is 71.3 Å². The molecule has 0 radical (unpaired) electrons. The van der Waals surface area contributed by atoms with Crippen molar-refractivity contribution in [1.82, 2.24) is 19.6 Å². The maximum atomic E-state index is 11.8. The first-order valence-corrected chi connectivity index (χ1v) is 12.5. The normalized spacial score (nSPS) is 17.3. The Morgan fingerprint density at radius 1 is 0.684 bits per heavy atom. The van der Waals surface area contributed by atoms with Crippen LogP contribution in [0.25, 0.3) is 0 Å². The molecule has 2 rings (SSSR count). The zero-order chi connectivity index (χ0) is 27.4. The topological polar surface area (TPSA) is 177 Å². The van der Waals surface area contributed by atoms with E-state index in [1.165, 1.54) is 0 Å². The Balaban J connectivity index is 0.00000722. The van der Waals surface area contributed by atoms with Gasteiger partial charge in [-0.1, -0.05) is 0 Å². The second-order valence-electron chi connectivity index (χ2n) is 9.14. The first-order chi connectivity index (χ1) is 17.6. The van der Waals surface area contributed by atoms with Gasteiger partial charge in [-0.3, -0.25) is 24.3 Å². The van der Waals surface area contributed by atoms with Crippen molar-refractivity contribution in [3.63, 3.8) is 0 Å². The number of carbonyl (C=O) groups is 3. The fourth-order valence-electron chi connectivity index (χ4n) is 4.40. The molecular formula is C24H35N4O9Tm. The maximum Gasteiger partial charge on any atom is 3.00 e. The number of carboxylic acid groups (broad SMARTS) is 3. The van der Waals surface area contributed by atoms with Gasteiger partial charge in [-0.25, -0.2) is 0 Å². The van der Waals surface area contributed by atoms with E-state index in [-0.39, 0.29) is 75.3 Å². The zero-order valence-corrected chi connectivity index (χ0v) is 23.3. The van der Waals surface area contributed by atoms with E-state index in [0.29, 0.717) is 77.2 Å². The number of aliphatic carboxylic acids is 3. The summed E-state index contributed by atoms with van der Waals surface area (Å²) < 4.78 is 5.26. The van der Waals surface area contributed by atoms with Crippen molar-refractivity contribution in [2.75, 3.05) is 85.1 Å². The van der Waals surface area contributed by atoms with Gasteiger partial charge in [-0.2, -0.15) is 0 Å². The van der Waals surface area contributed by atoms with Crippen LogP contribution in [-0.2, 0) is 20.8 Å². The molecule has 0 amide bonds. The van der Waals surface area contributed by atoms with Crippen LogP contribution >= 0.6 is 0 Å². The fraction of sp³-hybridized carbons (Fsp3) is 0.708. The Morgan fingerprint density at radius 3 is 1.45 bits per heavy atom. The predicted molar refractivity (Wildman–Crippen MR) is 126 cm³/mol. The number of unbranched alkanes of at least 4 members (excludes halogenated alkanes) is 1. The number of ether oxygens (including phenoxy) is 1. The second-order valence-corrected chi connectivity index (χ2v) is 9.14. The van der Waals surface area contributed by atoms with Gasteiger partial charge in [0.25, 0.3) is 5.43 Å². The van der Waals surface area contributed by atoms with Crippen LogP contribution in [0.15, 0.2) is 9.59 Å². The van der Waals surface area contributed by atoms with E-state index in [0.717, 1.165) is 0 Å². The van der Waals surface area contributed by atoms with Gasteiger partial charge in [0.2, 0.25) is 5.43 Å². The van der Waals surface area contributed by atoms with Gasteiger partial charge in [0, 0.05) is 77.6 Å². The van der Waals surface area contributed by atoms with Crippen molar-refractivity contribution in [2.45, 2.75) is 26.2 Å². The van der Waals surface area contributed by atoms with E-state index in [9.17, 15) is 39.3 Å². The first-order valence-electron chi connectivity index (χ1n) is 12.5. The molecule has 13 nitrogen and oxygen atoms in total. The summed E-state index contributed by atoms with van der Waals surface area (Å²) in [6.07, 6.45) is 1.77. The molecule has 38 heavy (non-hydrogen) atoms. The van der Waals surface area contributed by atoms with Crippen LogP contribution in [-0.4, -0.2) is 123 Å². The molecule has 1 fully saturated rings. The Morgan fingerprint density at radius 2 is 1.08 bits per heavy atom. The van der Waals surface area contributed by atoms with Gasteiger partial charge >= 0.3 is 36.9 Å². The maximum absolute atomic E-state index is 11.8. The Bertz CT molecular complexity index is 951. The molecule has 0 N–H and O–H groups in total. The summed E-state index contributed by atoms with van der Waals surface area (Å²) in [4.78, 5) is 64.1. The van der Waals surface area contributed by atoms with E-state index < -0.39 is 28.8 Å². The van der Waals surface area contributed by atoms with Crippen LogP contribution in [0.1, 0.15) is 25.3 Å². The zero-order valence-electron chi connectivity index (χ0n) is 21.6. The van der Waals surface area contributed by atoms with Gasteiger partial charge in [0.15, 0.2) is 5.75 Å². The van der Waals surface area contributed by atoms with E-state index in [2.05, 4.69) is 4.90 Å². The molecule has 0 spiro atoms. The van der Waals surface area contributed by atoms with Crippen molar-refractivity contribution in [3.8, 4) is 5.75 Å². The number of carboxylic acids is 3. The summed E-state index contributed by atoms with van der Waals surface area (Å²) in [6.45, 7) is 4.62. The summed E-state index contributed by atoms with van der Waals surface area (Å²) in [5.41, 5.74) is -0.667. The van der Waals surface area contributed by atoms with Gasteiger partial charge in [0.1, 0.15) is 0 Å². The molecule has 1 aliphatic heterocycles. The molecule has 0 unspecified atom stereocenters. The Hall–Kier alpha value is -1.64. The van der Waals surface area contributed by atoms with Crippen LogP contribution in [0.3, 0.4) is 0 Å². The number of nitrogens with zero attached hydrogens (tertiary/aromatic N) is 4. The third-order valence-electron chi connectivity index (χ3n) is 6.39. The summed E-state index contributed by atoms with van der Waals surface area (Å²) in [6, 6.07) is 0. The number of rotatable bonds is 13. The minimum atomic E-state index is -1.27. The van der Waals surface area contributed by atoms with Gasteiger partial charge in [0.05, 0.1) is 24.5 Å². The van der Waals surface area contributed by atoms with Crippen molar-refractivity contribution >= 4 is 17.9 Å². The molecule has 0 atom stereocenters. The second kappa shape index (κ2) is 17.9. The number of hydrogen-bond acceptors (Lipinski definition) is 13. The Kier molecular flexibility index (Phi) is 16.2. The van der Waals surface area contributed by atoms with Gasteiger partial charge in [-0.15, -0.1) is 0 Å². The summed E-state index contributed by atoms with van der Waals surface area (Å²) >= 11 is 0. The standard InChI is InChI=1S/C24H38N4O9.Tm/c1-2-37-24-18(22(35)23(24)36)5-3-4-6-25-7-9-26(15-19(29)30)11-13-28(17-21(33)34)14-12-27(10-8-25)16-20(31)32;/h2-17H2,1H3,(H,29,30)(H,31,32)(H,33,34);/q;+3/p-3. The van der Waals surface area contributed by atoms with Gasteiger partial charge < -0.3 is 39.3 Å². The van der Waals surface area contributed by atoms with Crippen LogP contribution in [0.5, 0.6) is 5.75 Å². The molecule has 1 saturated heterocycles. The molecule has 0 aliphatic carbocycles. The van der Waals surface area contributed by atoms with E-state index in [4.69, 9.17) is 4.74 Å². The molecule has 0 bridgehead atoms. The van der Waals surface area contributed by atoms with E-state index in [1.807, 2.05) is 0 Å². The molecule has 1 aliphatic rings. The Labute approximate surface area is 250 Å². The number of hydrogen-bond donors (Lipinski definition) is 0. The average molecular weight is 692 g/mol. The van der Waals surface area contributed by atoms with Crippen LogP contribution in [0.4, 0.5) is 0 Å². The quantitative estimate of drug-likeness (QED) is 0.142. The summed E-state index contributed by atoms with van der Waals surface area (Å²) in [5, 5.41) is 33.6. The molecule has 218 valence electrons. The largest absolute Gasteiger partial charge is 3.00 e. The summed E-state index contributed by atoms with van der Waals surface area (Å²) in [5.74, 6) is -3.58. The molecular weight excluding hydrogens is 657 g/mol. The molecule has 1 aromatic carbocycles. The third kappa shape index (κ3) is 12.0. The SMILES string of the molecule is CCOc1c(CCCCN2CCN(CC(=O)[O-])CCN(CC(=O)[O-])CCN(CC(=O)[O-])CC2)c(=O)c1=O.[Tm+3]. The molecule has 1 heterocycles.